The van der Waals surface area contributed by atoms with Crippen molar-refractivity contribution < 1.29 is 9.59 Å². The Balaban J connectivity index is 1.50. The summed E-state index contributed by atoms with van der Waals surface area (Å²) in [5, 5.41) is 12.5. The molecule has 1 fully saturated rings. The molecule has 162 valence electrons. The molecular formula is C22H26N6O2S. The number of hydrogen-bond acceptors (Lipinski definition) is 7. The normalized spacial score (nSPS) is 18.4. The quantitative estimate of drug-likeness (QED) is 0.468. The number of fused-ring (bicyclic) bond motifs is 1. The van der Waals surface area contributed by atoms with Gasteiger partial charge in [0.1, 0.15) is 5.82 Å². The van der Waals surface area contributed by atoms with Crippen molar-refractivity contribution in [3.05, 3.63) is 41.5 Å². The Kier molecular flexibility index (Phi) is 6.31. The first kappa shape index (κ1) is 21.0. The summed E-state index contributed by atoms with van der Waals surface area (Å²) in [5.41, 5.74) is 4.97. The Labute approximate surface area is 184 Å². The van der Waals surface area contributed by atoms with E-state index in [-0.39, 0.29) is 23.9 Å². The highest BCUT2D eigenvalue weighted by Gasteiger charge is 2.23. The van der Waals surface area contributed by atoms with Gasteiger partial charge in [-0.2, -0.15) is 0 Å². The van der Waals surface area contributed by atoms with Crippen LogP contribution in [-0.4, -0.2) is 40.9 Å². The van der Waals surface area contributed by atoms with Crippen LogP contribution in [0.1, 0.15) is 43.0 Å². The lowest BCUT2D eigenvalue weighted by Gasteiger charge is -2.30. The molecule has 0 unspecified atom stereocenters. The van der Waals surface area contributed by atoms with Crippen LogP contribution < -0.4 is 21.3 Å². The number of aromatic nitrogens is 2. The molecule has 8 nitrogen and oxygen atoms in total. The summed E-state index contributed by atoms with van der Waals surface area (Å²) in [6.45, 7) is 1.55. The number of hydrogen-bond donors (Lipinski definition) is 4. The average molecular weight is 439 g/mol. The maximum atomic E-state index is 12.4. The summed E-state index contributed by atoms with van der Waals surface area (Å²) in [5.74, 6) is 0.491. The largest absolute Gasteiger partial charge is 0.382 e. The number of anilines is 3. The Bertz CT molecular complexity index is 1090. The second-order valence-electron chi connectivity index (χ2n) is 7.75. The maximum Gasteiger partial charge on any atom is 0.254 e. The average Bonchev–Trinajstić information content (AvgIpc) is 3.22. The minimum absolute atomic E-state index is 0.0136. The van der Waals surface area contributed by atoms with Crippen LogP contribution in [0.15, 0.2) is 36.0 Å². The van der Waals surface area contributed by atoms with Gasteiger partial charge >= 0.3 is 0 Å². The van der Waals surface area contributed by atoms with E-state index < -0.39 is 0 Å². The molecule has 4 rings (SSSR count). The van der Waals surface area contributed by atoms with Crippen molar-refractivity contribution in [1.29, 1.82) is 0 Å². The topological polar surface area (TPSA) is 108 Å². The fourth-order valence-corrected chi connectivity index (χ4v) is 4.65. The molecule has 0 bridgehead atoms. The van der Waals surface area contributed by atoms with E-state index in [0.29, 0.717) is 11.4 Å². The molecule has 31 heavy (non-hydrogen) atoms. The first-order chi connectivity index (χ1) is 15.0. The SMILES string of the molecule is CNC(=O)c1cnc(Nc2ccc3ncsc3c2)cc1NC1CCC(NC(C)=O)CC1. The summed E-state index contributed by atoms with van der Waals surface area (Å²) < 4.78 is 1.10. The summed E-state index contributed by atoms with van der Waals surface area (Å²) in [7, 11) is 1.61. The van der Waals surface area contributed by atoms with Gasteiger partial charge in [-0.1, -0.05) is 0 Å². The van der Waals surface area contributed by atoms with E-state index in [4.69, 9.17) is 0 Å². The number of amides is 2. The van der Waals surface area contributed by atoms with Crippen LogP contribution in [0.5, 0.6) is 0 Å². The lowest BCUT2D eigenvalue weighted by Crippen LogP contribution is -2.39. The number of pyridine rings is 1. The van der Waals surface area contributed by atoms with Crippen molar-refractivity contribution in [3.63, 3.8) is 0 Å². The van der Waals surface area contributed by atoms with Gasteiger partial charge in [0.25, 0.3) is 5.91 Å². The van der Waals surface area contributed by atoms with Gasteiger partial charge in [-0.25, -0.2) is 9.97 Å². The van der Waals surface area contributed by atoms with E-state index in [1.54, 1.807) is 31.5 Å². The molecular weight excluding hydrogens is 412 g/mol. The molecule has 9 heteroatoms. The van der Waals surface area contributed by atoms with Gasteiger partial charge in [0.15, 0.2) is 0 Å². The highest BCUT2D eigenvalue weighted by molar-refractivity contribution is 7.16. The summed E-state index contributed by atoms with van der Waals surface area (Å²) in [6, 6.07) is 8.31. The van der Waals surface area contributed by atoms with Crippen LogP contribution in [0.25, 0.3) is 10.2 Å². The molecule has 2 heterocycles. The predicted molar refractivity (Wildman–Crippen MR) is 124 cm³/mol. The number of thiazole rings is 1. The van der Waals surface area contributed by atoms with Crippen molar-refractivity contribution in [2.45, 2.75) is 44.7 Å². The number of benzene rings is 1. The fraction of sp³-hybridized carbons (Fsp3) is 0.364. The predicted octanol–water partition coefficient (Wildman–Crippen LogP) is 3.65. The number of nitrogens with zero attached hydrogens (tertiary/aromatic N) is 2. The highest BCUT2D eigenvalue weighted by Crippen LogP contribution is 2.28. The zero-order valence-electron chi connectivity index (χ0n) is 17.6. The zero-order chi connectivity index (χ0) is 21.8. The lowest BCUT2D eigenvalue weighted by atomic mass is 9.91. The molecule has 4 N–H and O–H groups in total. The van der Waals surface area contributed by atoms with E-state index in [1.807, 2.05) is 29.8 Å². The van der Waals surface area contributed by atoms with Crippen LogP contribution in [-0.2, 0) is 4.79 Å². The van der Waals surface area contributed by atoms with Crippen molar-refractivity contribution in [1.82, 2.24) is 20.6 Å². The molecule has 2 amide bonds. The van der Waals surface area contributed by atoms with Crippen LogP contribution in [0.2, 0.25) is 0 Å². The Hall–Kier alpha value is -3.20. The van der Waals surface area contributed by atoms with Gasteiger partial charge in [0.2, 0.25) is 5.91 Å². The maximum absolute atomic E-state index is 12.4. The smallest absolute Gasteiger partial charge is 0.254 e. The van der Waals surface area contributed by atoms with Gasteiger partial charge in [0.05, 0.1) is 27.0 Å². The van der Waals surface area contributed by atoms with E-state index >= 15 is 0 Å². The third kappa shape index (κ3) is 5.11. The molecule has 0 saturated heterocycles. The van der Waals surface area contributed by atoms with Crippen molar-refractivity contribution in [3.8, 4) is 0 Å². The molecule has 3 aromatic rings. The molecule has 1 aliphatic carbocycles. The number of carbonyl (C=O) groups excluding carboxylic acids is 2. The Morgan fingerprint density at radius 2 is 1.84 bits per heavy atom. The van der Waals surface area contributed by atoms with Gasteiger partial charge in [0, 0.05) is 44.0 Å². The minimum atomic E-state index is -0.181. The van der Waals surface area contributed by atoms with Crippen LogP contribution in [0, 0.1) is 0 Å². The standard InChI is InChI=1S/C22H26N6O2S/c1-13(29)26-14-3-5-15(6-4-14)27-19-10-21(24-11-17(19)22(30)23-2)28-16-7-8-18-20(9-16)31-12-25-18/h7-12,14-15H,3-6H2,1-2H3,(H,23,30)(H,26,29)(H2,24,27,28). The third-order valence-corrected chi connectivity index (χ3v) is 6.27. The van der Waals surface area contributed by atoms with Crippen molar-refractivity contribution >= 4 is 50.6 Å². The number of nitrogens with one attached hydrogen (secondary N) is 4. The molecule has 1 aromatic carbocycles. The second-order valence-corrected chi connectivity index (χ2v) is 8.63. The van der Waals surface area contributed by atoms with E-state index in [2.05, 4.69) is 31.2 Å². The van der Waals surface area contributed by atoms with Gasteiger partial charge in [-0.15, -0.1) is 11.3 Å². The van der Waals surface area contributed by atoms with E-state index in [1.165, 1.54) is 0 Å². The van der Waals surface area contributed by atoms with Crippen LogP contribution >= 0.6 is 11.3 Å². The Morgan fingerprint density at radius 1 is 1.06 bits per heavy atom. The number of rotatable bonds is 6. The van der Waals surface area contributed by atoms with E-state index in [9.17, 15) is 9.59 Å². The molecule has 1 saturated carbocycles. The first-order valence-electron chi connectivity index (χ1n) is 10.4. The van der Waals surface area contributed by atoms with Gasteiger partial charge in [-0.05, 0) is 43.9 Å². The number of carbonyl (C=O) groups is 2. The Morgan fingerprint density at radius 3 is 2.58 bits per heavy atom. The molecule has 0 atom stereocenters. The van der Waals surface area contributed by atoms with Crippen molar-refractivity contribution in [2.75, 3.05) is 17.7 Å². The minimum Gasteiger partial charge on any atom is -0.382 e. The van der Waals surface area contributed by atoms with E-state index in [0.717, 1.165) is 47.3 Å². The summed E-state index contributed by atoms with van der Waals surface area (Å²) in [6.07, 6.45) is 5.27. The first-order valence-corrected chi connectivity index (χ1v) is 11.3. The summed E-state index contributed by atoms with van der Waals surface area (Å²) >= 11 is 1.59. The highest BCUT2D eigenvalue weighted by atomic mass is 32.1. The van der Waals surface area contributed by atoms with Crippen LogP contribution in [0.3, 0.4) is 0 Å². The molecule has 2 aromatic heterocycles. The van der Waals surface area contributed by atoms with Crippen molar-refractivity contribution in [2.24, 2.45) is 0 Å². The molecule has 0 spiro atoms. The molecule has 0 aliphatic heterocycles. The monoisotopic (exact) mass is 438 g/mol. The lowest BCUT2D eigenvalue weighted by molar-refractivity contribution is -0.119. The van der Waals surface area contributed by atoms with Gasteiger partial charge in [-0.3, -0.25) is 9.59 Å². The van der Waals surface area contributed by atoms with Crippen LogP contribution in [0.4, 0.5) is 17.2 Å². The molecule has 0 radical (unpaired) electrons. The molecule has 1 aliphatic rings. The second kappa shape index (κ2) is 9.30. The third-order valence-electron chi connectivity index (χ3n) is 5.47. The summed E-state index contributed by atoms with van der Waals surface area (Å²) in [4.78, 5) is 32.4. The fourth-order valence-electron chi connectivity index (χ4n) is 3.93. The zero-order valence-corrected chi connectivity index (χ0v) is 18.4. The van der Waals surface area contributed by atoms with Gasteiger partial charge < -0.3 is 21.3 Å².